The van der Waals surface area contributed by atoms with Crippen molar-refractivity contribution in [3.8, 4) is 28.5 Å². The third-order valence-corrected chi connectivity index (χ3v) is 11.8. The third kappa shape index (κ3) is 5.62. The van der Waals surface area contributed by atoms with Crippen molar-refractivity contribution < 1.29 is 4.39 Å². The van der Waals surface area contributed by atoms with Crippen LogP contribution in [0.4, 0.5) is 15.8 Å². The maximum atomic E-state index is 14.8. The molecule has 3 heterocycles. The number of para-hydroxylation sites is 1. The smallest absolute Gasteiger partial charge is 0.164 e. The molecule has 2 aromatic heterocycles. The van der Waals surface area contributed by atoms with Crippen LogP contribution in [0.2, 0.25) is 0 Å². The molecule has 4 aliphatic rings. The first-order chi connectivity index (χ1) is 28.2. The molecular formula is C51H38FN5. The standard InChI is InChI=1S/C51H38FN5/c52-43-20-10-7-17-39(43)33-23-27-38(28-24-33)57-44-21-11-8-18-40(44)41-31-32-46-47(48(41)57)42-19-9-12-22-45(42)56(46)37-29-25-36(26-30-37)51-54-49(34-13-3-1-4-14-34)53-50(55-51)35-15-5-2-6-16-35/h1-5,8-15,18-32,42,45H,6-7,16-17H2. The Hall–Kier alpha value is -6.92. The van der Waals surface area contributed by atoms with Crippen LogP contribution in [0.25, 0.3) is 61.4 Å². The molecule has 0 saturated heterocycles. The van der Waals surface area contributed by atoms with Gasteiger partial charge in [-0.2, -0.15) is 0 Å². The van der Waals surface area contributed by atoms with E-state index < -0.39 is 0 Å². The second-order valence-corrected chi connectivity index (χ2v) is 15.1. The molecule has 0 spiro atoms. The number of hydrogen-bond donors (Lipinski definition) is 0. The van der Waals surface area contributed by atoms with E-state index in [9.17, 15) is 4.39 Å². The Morgan fingerprint density at radius 1 is 0.579 bits per heavy atom. The van der Waals surface area contributed by atoms with Gasteiger partial charge >= 0.3 is 0 Å². The maximum absolute atomic E-state index is 14.8. The largest absolute Gasteiger partial charge is 0.333 e. The molecule has 274 valence electrons. The van der Waals surface area contributed by atoms with Crippen LogP contribution in [0.5, 0.6) is 0 Å². The van der Waals surface area contributed by atoms with Crippen molar-refractivity contribution in [3.63, 3.8) is 0 Å². The fraction of sp³-hybridized carbons (Fsp3) is 0.118. The van der Waals surface area contributed by atoms with Gasteiger partial charge in [0.2, 0.25) is 0 Å². The van der Waals surface area contributed by atoms with E-state index in [1.807, 2.05) is 36.4 Å². The summed E-state index contributed by atoms with van der Waals surface area (Å²) in [7, 11) is 0. The van der Waals surface area contributed by atoms with E-state index >= 15 is 0 Å². The molecule has 5 nitrogen and oxygen atoms in total. The Bertz CT molecular complexity index is 2910. The van der Waals surface area contributed by atoms with Gasteiger partial charge in [0.05, 0.1) is 17.1 Å². The molecule has 2 atom stereocenters. The lowest BCUT2D eigenvalue weighted by Gasteiger charge is -2.28. The number of halogens is 1. The second-order valence-electron chi connectivity index (χ2n) is 15.1. The molecule has 7 aromatic rings. The minimum absolute atomic E-state index is 0.101. The number of benzene rings is 5. The van der Waals surface area contributed by atoms with E-state index in [-0.39, 0.29) is 17.8 Å². The molecule has 0 amide bonds. The predicted octanol–water partition coefficient (Wildman–Crippen LogP) is 12.8. The van der Waals surface area contributed by atoms with Crippen LogP contribution in [-0.2, 0) is 0 Å². The van der Waals surface area contributed by atoms with Gasteiger partial charge in [-0.3, -0.25) is 0 Å². The van der Waals surface area contributed by atoms with Gasteiger partial charge in [-0.1, -0.05) is 115 Å². The number of fused-ring (bicyclic) bond motifs is 7. The average Bonchev–Trinajstić information content (AvgIpc) is 3.80. The average molecular weight is 740 g/mol. The van der Waals surface area contributed by atoms with Gasteiger partial charge in [-0.15, -0.1) is 0 Å². The fourth-order valence-corrected chi connectivity index (χ4v) is 9.11. The summed E-state index contributed by atoms with van der Waals surface area (Å²) in [6.45, 7) is 0. The van der Waals surface area contributed by atoms with E-state index in [0.717, 1.165) is 69.8 Å². The first kappa shape index (κ1) is 33.4. The van der Waals surface area contributed by atoms with E-state index in [0.29, 0.717) is 18.1 Å². The van der Waals surface area contributed by atoms with E-state index in [1.165, 1.54) is 27.5 Å². The summed E-state index contributed by atoms with van der Waals surface area (Å²) < 4.78 is 17.3. The van der Waals surface area contributed by atoms with E-state index in [1.54, 1.807) is 6.08 Å². The van der Waals surface area contributed by atoms with Gasteiger partial charge in [-0.25, -0.2) is 19.3 Å². The summed E-state index contributed by atoms with van der Waals surface area (Å²) in [5.74, 6) is 2.07. The Morgan fingerprint density at radius 2 is 1.28 bits per heavy atom. The zero-order valence-corrected chi connectivity index (χ0v) is 31.3. The molecule has 11 rings (SSSR count). The molecule has 5 aromatic carbocycles. The molecule has 1 aliphatic heterocycles. The maximum Gasteiger partial charge on any atom is 0.164 e. The molecule has 3 aliphatic carbocycles. The molecule has 0 N–H and O–H groups in total. The fourth-order valence-electron chi connectivity index (χ4n) is 9.11. The Morgan fingerprint density at radius 3 is 2.07 bits per heavy atom. The number of hydrogen-bond acceptors (Lipinski definition) is 4. The molecule has 6 heteroatoms. The van der Waals surface area contributed by atoms with Crippen molar-refractivity contribution in [1.29, 1.82) is 0 Å². The number of aromatic nitrogens is 4. The summed E-state index contributed by atoms with van der Waals surface area (Å²) >= 11 is 0. The van der Waals surface area contributed by atoms with Crippen molar-refractivity contribution in [3.05, 3.63) is 193 Å². The molecule has 0 saturated carbocycles. The topological polar surface area (TPSA) is 46.8 Å². The van der Waals surface area contributed by atoms with Crippen LogP contribution in [-0.4, -0.2) is 25.6 Å². The summed E-state index contributed by atoms with van der Waals surface area (Å²) in [6.07, 6.45) is 22.4. The number of anilines is 2. The van der Waals surface area contributed by atoms with Gasteiger partial charge in [0.25, 0.3) is 0 Å². The normalized spacial score (nSPS) is 18.4. The third-order valence-electron chi connectivity index (χ3n) is 11.8. The van der Waals surface area contributed by atoms with Crippen molar-refractivity contribution in [2.75, 3.05) is 4.90 Å². The molecule has 0 bridgehead atoms. The second kappa shape index (κ2) is 13.7. The first-order valence-electron chi connectivity index (χ1n) is 19.8. The van der Waals surface area contributed by atoms with Crippen LogP contribution in [0, 0.1) is 0 Å². The highest BCUT2D eigenvalue weighted by atomic mass is 19.1. The van der Waals surface area contributed by atoms with E-state index in [4.69, 9.17) is 15.0 Å². The SMILES string of the molecule is FC1=C(c2ccc(-n3c4ccccc4c4ccc5c(c43)C3C=CC=CC3N5c3ccc(-c4nc(C5=CC=CCC5)nc(-c5ccccc5)n4)cc3)cc2)CCC=C1. The lowest BCUT2D eigenvalue weighted by Crippen LogP contribution is -2.28. The Balaban J connectivity index is 1.03. The molecule has 57 heavy (non-hydrogen) atoms. The first-order valence-corrected chi connectivity index (χ1v) is 19.8. The van der Waals surface area contributed by atoms with Crippen LogP contribution >= 0.6 is 0 Å². The van der Waals surface area contributed by atoms with Crippen LogP contribution in [0.1, 0.15) is 48.6 Å². The summed E-state index contributed by atoms with van der Waals surface area (Å²) in [5, 5.41) is 2.44. The lowest BCUT2D eigenvalue weighted by molar-refractivity contribution is 0.659. The van der Waals surface area contributed by atoms with Crippen molar-refractivity contribution >= 4 is 44.3 Å². The summed E-state index contributed by atoms with van der Waals surface area (Å²) in [6, 6.07) is 40.6. The quantitative estimate of drug-likeness (QED) is 0.170. The minimum Gasteiger partial charge on any atom is -0.333 e. The zero-order chi connectivity index (χ0) is 37.9. The van der Waals surface area contributed by atoms with Crippen LogP contribution in [0.3, 0.4) is 0 Å². The molecule has 2 unspecified atom stereocenters. The Kier molecular flexibility index (Phi) is 8.02. The predicted molar refractivity (Wildman–Crippen MR) is 231 cm³/mol. The highest BCUT2D eigenvalue weighted by Gasteiger charge is 2.40. The van der Waals surface area contributed by atoms with Gasteiger partial charge < -0.3 is 9.47 Å². The summed E-state index contributed by atoms with van der Waals surface area (Å²) in [5.41, 5.74) is 11.8. The Labute approximate surface area is 330 Å². The van der Waals surface area contributed by atoms with Crippen molar-refractivity contribution in [2.45, 2.75) is 37.6 Å². The monoisotopic (exact) mass is 739 g/mol. The van der Waals surface area contributed by atoms with Gasteiger partial charge in [0.1, 0.15) is 5.83 Å². The van der Waals surface area contributed by atoms with Gasteiger partial charge in [-0.05, 0) is 97.0 Å². The summed E-state index contributed by atoms with van der Waals surface area (Å²) in [4.78, 5) is 17.4. The number of rotatable bonds is 6. The highest BCUT2D eigenvalue weighted by molar-refractivity contribution is 6.12. The van der Waals surface area contributed by atoms with Crippen molar-refractivity contribution in [1.82, 2.24) is 19.5 Å². The lowest BCUT2D eigenvalue weighted by atomic mass is 9.90. The molecule has 0 fully saturated rings. The molecular weight excluding hydrogens is 702 g/mol. The van der Waals surface area contributed by atoms with Gasteiger partial charge in [0, 0.05) is 50.4 Å². The minimum atomic E-state index is -0.135. The zero-order valence-electron chi connectivity index (χ0n) is 31.3. The van der Waals surface area contributed by atoms with Gasteiger partial charge in [0.15, 0.2) is 17.5 Å². The number of nitrogens with zero attached hydrogens (tertiary/aromatic N) is 5. The number of allylic oxidation sites excluding steroid dienone is 10. The van der Waals surface area contributed by atoms with Crippen LogP contribution in [0.15, 0.2) is 176 Å². The van der Waals surface area contributed by atoms with Crippen LogP contribution < -0.4 is 4.90 Å². The highest BCUT2D eigenvalue weighted by Crippen LogP contribution is 2.52. The van der Waals surface area contributed by atoms with Crippen molar-refractivity contribution in [2.24, 2.45) is 0 Å². The van der Waals surface area contributed by atoms with E-state index in [2.05, 4.69) is 137 Å². The molecule has 0 radical (unpaired) electrons.